The quantitative estimate of drug-likeness (QED) is 0.393. The smallest absolute Gasteiger partial charge is 0.363 e. The van der Waals surface area contributed by atoms with Crippen LogP contribution < -0.4 is 5.32 Å². The number of piperidine rings is 1. The number of nitrogens with zero attached hydrogens (tertiary/aromatic N) is 4. The van der Waals surface area contributed by atoms with Crippen LogP contribution in [-0.4, -0.2) is 58.6 Å². The lowest BCUT2D eigenvalue weighted by Crippen LogP contribution is -2.49. The first-order valence-corrected chi connectivity index (χ1v) is 16.7. The molecule has 5 heterocycles. The number of halogens is 3. The van der Waals surface area contributed by atoms with Crippen molar-refractivity contribution in [1.82, 2.24) is 25.2 Å². The van der Waals surface area contributed by atoms with Gasteiger partial charge in [-0.25, -0.2) is 18.4 Å². The molecule has 1 saturated heterocycles. The molecule has 0 radical (unpaired) electrons. The van der Waals surface area contributed by atoms with Crippen LogP contribution in [-0.2, 0) is 39.3 Å². The molecule has 1 unspecified atom stereocenters. The molecule has 1 saturated carbocycles. The number of fused-ring (bicyclic) bond motifs is 2. The Hall–Kier alpha value is -2.94. The van der Waals surface area contributed by atoms with Gasteiger partial charge in [0.25, 0.3) is 5.91 Å². The largest absolute Gasteiger partial charge is 0.451 e. The molecule has 2 spiro atoms. The molecule has 3 aromatic heterocycles. The zero-order valence-corrected chi connectivity index (χ0v) is 25.4. The number of aromatic nitrogens is 3. The Morgan fingerprint density at radius 1 is 1.12 bits per heavy atom. The minimum absolute atomic E-state index is 0.00846. The van der Waals surface area contributed by atoms with Crippen LogP contribution in [0.15, 0.2) is 41.7 Å². The number of ether oxygens (including phenoxy) is 1. The van der Waals surface area contributed by atoms with Crippen LogP contribution >= 0.6 is 11.3 Å². The van der Waals surface area contributed by atoms with Crippen LogP contribution in [0.1, 0.15) is 82.8 Å². The summed E-state index contributed by atoms with van der Waals surface area (Å²) in [6.07, 6.45) is 3.36. The van der Waals surface area contributed by atoms with E-state index < -0.39 is 27.4 Å². The van der Waals surface area contributed by atoms with Crippen molar-refractivity contribution < 1.29 is 31.1 Å². The molecule has 2 aliphatic heterocycles. The molecule has 1 amide bonds. The first kappa shape index (κ1) is 30.1. The maximum atomic E-state index is 13.2. The van der Waals surface area contributed by atoms with Crippen molar-refractivity contribution in [3.05, 3.63) is 69.2 Å². The van der Waals surface area contributed by atoms with Crippen LogP contribution in [0.2, 0.25) is 0 Å². The van der Waals surface area contributed by atoms with Crippen molar-refractivity contribution in [2.75, 3.05) is 18.8 Å². The molecule has 43 heavy (non-hydrogen) atoms. The molecule has 1 atom stereocenters. The van der Waals surface area contributed by atoms with E-state index in [1.807, 2.05) is 13.0 Å². The second kappa shape index (κ2) is 10.9. The van der Waals surface area contributed by atoms with E-state index in [1.54, 1.807) is 13.0 Å². The van der Waals surface area contributed by atoms with E-state index in [2.05, 4.69) is 25.2 Å². The van der Waals surface area contributed by atoms with E-state index >= 15 is 0 Å². The molecule has 6 rings (SSSR count). The number of hydrogen-bond acceptors (Lipinski definition) is 9. The van der Waals surface area contributed by atoms with Gasteiger partial charge in [0, 0.05) is 54.6 Å². The Bertz CT molecular complexity index is 1610. The molecule has 1 aliphatic carbocycles. The van der Waals surface area contributed by atoms with Gasteiger partial charge in [-0.1, -0.05) is 6.92 Å². The number of rotatable bonds is 7. The monoisotopic (exact) mass is 635 g/mol. The SMILES string of the molecule is CCS(=O)(=O)c1ccc(CNC(=O)c2cc3c(s2)C2(CCN(C(C)c4cnc(C(F)(F)F)nc4)CC2)OC2(CC2)C3)nc1. The van der Waals surface area contributed by atoms with E-state index in [0.717, 1.165) is 29.7 Å². The maximum Gasteiger partial charge on any atom is 0.451 e. The number of alkyl halides is 3. The normalized spacial score (nSPS) is 20.1. The number of carbonyl (C=O) groups is 1. The number of sulfone groups is 1. The molecular formula is C29H32F3N5O4S2. The average molecular weight is 636 g/mol. The number of likely N-dealkylation sites (tertiary alicyclic amines) is 1. The highest BCUT2D eigenvalue weighted by atomic mass is 32.2. The lowest BCUT2D eigenvalue weighted by Gasteiger charge is -2.47. The Morgan fingerprint density at radius 2 is 1.81 bits per heavy atom. The highest BCUT2D eigenvalue weighted by molar-refractivity contribution is 7.91. The minimum Gasteiger partial charge on any atom is -0.363 e. The van der Waals surface area contributed by atoms with Gasteiger partial charge in [-0.05, 0) is 56.4 Å². The van der Waals surface area contributed by atoms with E-state index in [4.69, 9.17) is 4.74 Å². The molecule has 0 bridgehead atoms. The van der Waals surface area contributed by atoms with Crippen molar-refractivity contribution in [1.29, 1.82) is 0 Å². The fourth-order valence-corrected chi connectivity index (χ4v) is 8.06. The Labute approximate surface area is 251 Å². The zero-order chi connectivity index (χ0) is 30.6. The van der Waals surface area contributed by atoms with Crippen LogP contribution in [0.25, 0.3) is 0 Å². The highest BCUT2D eigenvalue weighted by Gasteiger charge is 2.56. The number of amides is 1. The first-order valence-electron chi connectivity index (χ1n) is 14.3. The zero-order valence-electron chi connectivity index (χ0n) is 23.8. The van der Waals surface area contributed by atoms with Crippen molar-refractivity contribution in [3.63, 3.8) is 0 Å². The first-order chi connectivity index (χ1) is 20.3. The highest BCUT2D eigenvalue weighted by Crippen LogP contribution is 2.57. The van der Waals surface area contributed by atoms with Crippen molar-refractivity contribution in [2.45, 2.75) is 80.8 Å². The summed E-state index contributed by atoms with van der Waals surface area (Å²) in [5.41, 5.74) is 1.62. The topological polar surface area (TPSA) is 114 Å². The van der Waals surface area contributed by atoms with Crippen LogP contribution in [0.4, 0.5) is 13.2 Å². The molecular weight excluding hydrogens is 603 g/mol. The third-order valence-corrected chi connectivity index (χ3v) is 11.8. The van der Waals surface area contributed by atoms with Crippen LogP contribution in [0.3, 0.4) is 0 Å². The third kappa shape index (κ3) is 5.94. The molecule has 0 aromatic carbocycles. The van der Waals surface area contributed by atoms with Crippen LogP contribution in [0, 0.1) is 0 Å². The van der Waals surface area contributed by atoms with E-state index in [9.17, 15) is 26.4 Å². The van der Waals surface area contributed by atoms with Crippen molar-refractivity contribution in [2.24, 2.45) is 0 Å². The summed E-state index contributed by atoms with van der Waals surface area (Å²) < 4.78 is 69.6. The molecule has 2 fully saturated rings. The van der Waals surface area contributed by atoms with Gasteiger partial charge in [0.15, 0.2) is 9.84 Å². The lowest BCUT2D eigenvalue weighted by molar-refractivity contribution is -0.153. The Kier molecular flexibility index (Phi) is 7.63. The summed E-state index contributed by atoms with van der Waals surface area (Å²) in [4.78, 5) is 28.5. The minimum atomic E-state index is -4.58. The summed E-state index contributed by atoms with van der Waals surface area (Å²) in [7, 11) is -3.34. The van der Waals surface area contributed by atoms with Gasteiger partial charge in [-0.2, -0.15) is 13.2 Å². The fourth-order valence-electron chi connectivity index (χ4n) is 5.96. The summed E-state index contributed by atoms with van der Waals surface area (Å²) in [5, 5.41) is 2.91. The lowest BCUT2D eigenvalue weighted by atomic mass is 9.82. The van der Waals surface area contributed by atoms with Gasteiger partial charge in [-0.15, -0.1) is 11.3 Å². The standard InChI is InChI=1S/C29H32F3N5O4S2/c1-3-43(39,40)22-5-4-21(33-17-22)16-34-25(38)23-12-19-13-27(6-7-27)41-28(24(19)42-23)8-10-37(11-9-28)18(2)20-14-35-26(36-15-20)29(30,31)32/h4-5,12,14-15,17-18H,3,6-11,13,16H2,1-2H3,(H,34,38). The number of carbonyl (C=O) groups excluding carboxylic acids is 1. The predicted molar refractivity (Wildman–Crippen MR) is 152 cm³/mol. The second-order valence-corrected chi connectivity index (χ2v) is 14.9. The molecule has 3 aromatic rings. The van der Waals surface area contributed by atoms with Gasteiger partial charge in [0.2, 0.25) is 5.82 Å². The van der Waals surface area contributed by atoms with Gasteiger partial charge < -0.3 is 10.1 Å². The van der Waals surface area contributed by atoms with Gasteiger partial charge >= 0.3 is 6.18 Å². The average Bonchev–Trinajstić information content (AvgIpc) is 3.58. The summed E-state index contributed by atoms with van der Waals surface area (Å²) in [5.74, 6) is -1.38. The predicted octanol–water partition coefficient (Wildman–Crippen LogP) is 4.83. The fraction of sp³-hybridized carbons (Fsp3) is 0.517. The summed E-state index contributed by atoms with van der Waals surface area (Å²) in [6, 6.07) is 4.92. The van der Waals surface area contributed by atoms with Gasteiger partial charge in [0.1, 0.15) is 5.60 Å². The second-order valence-electron chi connectivity index (χ2n) is 11.5. The summed E-state index contributed by atoms with van der Waals surface area (Å²) in [6.45, 7) is 5.03. The number of thiophene rings is 1. The number of nitrogens with one attached hydrogen (secondary N) is 1. The third-order valence-electron chi connectivity index (χ3n) is 8.71. The summed E-state index contributed by atoms with van der Waals surface area (Å²) >= 11 is 1.45. The van der Waals surface area contributed by atoms with Crippen molar-refractivity contribution in [3.8, 4) is 0 Å². The molecule has 1 N–H and O–H groups in total. The van der Waals surface area contributed by atoms with E-state index in [0.29, 0.717) is 42.1 Å². The molecule has 14 heteroatoms. The van der Waals surface area contributed by atoms with Crippen molar-refractivity contribution >= 4 is 27.1 Å². The van der Waals surface area contributed by atoms with Gasteiger partial charge in [-0.3, -0.25) is 14.7 Å². The molecule has 3 aliphatic rings. The van der Waals surface area contributed by atoms with Gasteiger partial charge in [0.05, 0.1) is 33.4 Å². The molecule has 230 valence electrons. The van der Waals surface area contributed by atoms with E-state index in [-0.39, 0.29) is 34.7 Å². The number of hydrogen-bond donors (Lipinski definition) is 1. The number of pyridine rings is 1. The van der Waals surface area contributed by atoms with Crippen LogP contribution in [0.5, 0.6) is 0 Å². The van der Waals surface area contributed by atoms with E-state index in [1.165, 1.54) is 36.0 Å². The Morgan fingerprint density at radius 3 is 2.40 bits per heavy atom. The Balaban J connectivity index is 1.14. The molecule has 9 nitrogen and oxygen atoms in total. The maximum absolute atomic E-state index is 13.2.